The molecular formula is C19H37NO12. The van der Waals surface area contributed by atoms with Crippen molar-refractivity contribution in [2.45, 2.75) is 50.0 Å². The van der Waals surface area contributed by atoms with Crippen molar-refractivity contribution in [2.24, 2.45) is 0 Å². The Kier molecular flexibility index (Phi) is 15.5. The molecule has 1 amide bonds. The first-order valence-corrected chi connectivity index (χ1v) is 10.2. The predicted molar refractivity (Wildman–Crippen MR) is 108 cm³/mol. The second kappa shape index (κ2) is 16.2. The van der Waals surface area contributed by atoms with Gasteiger partial charge in [-0.05, 0) is 6.42 Å². The molecule has 0 radical (unpaired) electrons. The molecule has 0 aliphatic heterocycles. The second-order valence-corrected chi connectivity index (χ2v) is 6.90. The minimum atomic E-state index is -1.92. The summed E-state index contributed by atoms with van der Waals surface area (Å²) in [6.07, 6.45) is -1.70. The second-order valence-electron chi connectivity index (χ2n) is 6.90. The highest BCUT2D eigenvalue weighted by Gasteiger charge is 2.38. The minimum Gasteiger partial charge on any atom is -0.463 e. The van der Waals surface area contributed by atoms with Crippen molar-refractivity contribution >= 4 is 11.9 Å². The van der Waals surface area contributed by atoms with Crippen LogP contribution in [0.1, 0.15) is 26.2 Å². The molecule has 0 aromatic rings. The van der Waals surface area contributed by atoms with E-state index in [2.05, 4.69) is 5.32 Å². The summed E-state index contributed by atoms with van der Waals surface area (Å²) >= 11 is 0. The molecule has 190 valence electrons. The zero-order chi connectivity index (χ0) is 24.6. The monoisotopic (exact) mass is 471 g/mol. The lowest BCUT2D eigenvalue weighted by Gasteiger charge is -2.36. The number of hydrogen-bond acceptors (Lipinski definition) is 12. The number of hydrogen-bond donors (Lipinski definition) is 6. The lowest BCUT2D eigenvalue weighted by Crippen LogP contribution is -2.51. The molecule has 0 rings (SSSR count). The first-order chi connectivity index (χ1) is 15.2. The van der Waals surface area contributed by atoms with E-state index < -0.39 is 69.4 Å². The van der Waals surface area contributed by atoms with Gasteiger partial charge in [0.05, 0.1) is 52.2 Å². The summed E-state index contributed by atoms with van der Waals surface area (Å²) in [4.78, 5) is 23.0. The van der Waals surface area contributed by atoms with E-state index in [0.717, 1.165) is 0 Å². The van der Waals surface area contributed by atoms with Gasteiger partial charge in [-0.15, -0.1) is 0 Å². The molecule has 6 N–H and O–H groups in total. The Bertz CT molecular complexity index is 516. The fourth-order valence-electron chi connectivity index (χ4n) is 2.36. The number of carbonyl (C=O) groups excluding carboxylic acids is 2. The number of carbonyl (C=O) groups is 2. The fourth-order valence-corrected chi connectivity index (χ4v) is 2.36. The van der Waals surface area contributed by atoms with Crippen molar-refractivity contribution in [2.75, 3.05) is 60.4 Å². The van der Waals surface area contributed by atoms with Gasteiger partial charge in [0.15, 0.2) is 0 Å². The van der Waals surface area contributed by atoms with Gasteiger partial charge in [0.1, 0.15) is 12.7 Å². The van der Waals surface area contributed by atoms with Crippen LogP contribution in [0.25, 0.3) is 0 Å². The maximum atomic E-state index is 11.8. The van der Waals surface area contributed by atoms with E-state index in [1.807, 2.05) is 0 Å². The van der Waals surface area contributed by atoms with E-state index in [1.165, 1.54) is 14.2 Å². The van der Waals surface area contributed by atoms with Crippen LogP contribution in [0.15, 0.2) is 0 Å². The van der Waals surface area contributed by atoms with Gasteiger partial charge in [0, 0.05) is 20.6 Å². The van der Waals surface area contributed by atoms with Gasteiger partial charge >= 0.3 is 5.97 Å². The quantitative estimate of drug-likeness (QED) is 0.0841. The van der Waals surface area contributed by atoms with E-state index in [4.69, 9.17) is 23.7 Å². The number of ether oxygens (including phenoxy) is 5. The van der Waals surface area contributed by atoms with Gasteiger partial charge in [0.25, 0.3) is 0 Å². The Morgan fingerprint density at radius 2 is 1.44 bits per heavy atom. The Labute approximate surface area is 187 Å². The first kappa shape index (κ1) is 30.6. The van der Waals surface area contributed by atoms with Gasteiger partial charge < -0.3 is 54.5 Å². The Morgan fingerprint density at radius 3 is 1.88 bits per heavy atom. The van der Waals surface area contributed by atoms with Crippen LogP contribution in [-0.4, -0.2) is 122 Å². The summed E-state index contributed by atoms with van der Waals surface area (Å²) in [5, 5.41) is 50.2. The fraction of sp³-hybridized carbons (Fsp3) is 0.895. The molecule has 0 aliphatic rings. The van der Waals surface area contributed by atoms with E-state index in [1.54, 1.807) is 6.92 Å². The molecule has 32 heavy (non-hydrogen) atoms. The van der Waals surface area contributed by atoms with Crippen LogP contribution < -0.4 is 5.32 Å². The third kappa shape index (κ3) is 10.5. The Balaban J connectivity index is 4.96. The number of methoxy groups -OCH3 is 1. The Morgan fingerprint density at radius 1 is 0.875 bits per heavy atom. The summed E-state index contributed by atoms with van der Waals surface area (Å²) in [5.74, 6) is -4.63. The van der Waals surface area contributed by atoms with E-state index >= 15 is 0 Å². The van der Waals surface area contributed by atoms with Crippen LogP contribution in [0, 0.1) is 0 Å². The van der Waals surface area contributed by atoms with E-state index in [-0.39, 0.29) is 25.4 Å². The molecule has 13 heteroatoms. The molecule has 0 bridgehead atoms. The van der Waals surface area contributed by atoms with E-state index in [0.29, 0.717) is 6.42 Å². The SMILES string of the molecule is CC[C@H](COC(=O)CCC(=O)NC)OC(CO)(CO)OC[C@H](CO)OC(CO)(CO)OC. The third-order valence-electron chi connectivity index (χ3n) is 4.56. The Hall–Kier alpha value is -1.42. The zero-order valence-corrected chi connectivity index (χ0v) is 18.8. The highest BCUT2D eigenvalue weighted by Crippen LogP contribution is 2.20. The molecular weight excluding hydrogens is 434 g/mol. The standard InChI is InChI=1S/C19H37NO12/c1-4-14(8-29-17(27)6-5-16(26)20-2)31-19(12-24,13-25)30-9-15(7-21)32-18(10-22,11-23)28-3/h14-15,21-25H,4-13H2,1-3H3,(H,20,26)/t14-,15+/m1/s1. The molecule has 0 aliphatic carbocycles. The number of aliphatic hydroxyl groups excluding tert-OH is 5. The molecule has 0 spiro atoms. The zero-order valence-electron chi connectivity index (χ0n) is 18.8. The topological polar surface area (TPSA) is 193 Å². The lowest BCUT2D eigenvalue weighted by molar-refractivity contribution is -0.324. The number of nitrogens with one attached hydrogen (secondary N) is 1. The van der Waals surface area contributed by atoms with Crippen LogP contribution in [0.5, 0.6) is 0 Å². The van der Waals surface area contributed by atoms with Crippen molar-refractivity contribution < 1.29 is 58.8 Å². The molecule has 0 aromatic carbocycles. The van der Waals surface area contributed by atoms with E-state index in [9.17, 15) is 35.1 Å². The molecule has 0 unspecified atom stereocenters. The summed E-state index contributed by atoms with van der Waals surface area (Å²) in [6, 6.07) is 0. The number of amides is 1. The smallest absolute Gasteiger partial charge is 0.306 e. The van der Waals surface area contributed by atoms with Gasteiger partial charge in [-0.1, -0.05) is 6.92 Å². The van der Waals surface area contributed by atoms with Crippen LogP contribution >= 0.6 is 0 Å². The largest absolute Gasteiger partial charge is 0.463 e. The van der Waals surface area contributed by atoms with Gasteiger partial charge in [-0.3, -0.25) is 9.59 Å². The van der Waals surface area contributed by atoms with Crippen molar-refractivity contribution in [3.63, 3.8) is 0 Å². The minimum absolute atomic E-state index is 0.0273. The highest BCUT2D eigenvalue weighted by atomic mass is 16.7. The molecule has 0 aromatic heterocycles. The molecule has 0 fully saturated rings. The number of aliphatic hydroxyl groups is 5. The van der Waals surface area contributed by atoms with Crippen molar-refractivity contribution in [1.82, 2.24) is 5.32 Å². The molecule has 0 saturated heterocycles. The van der Waals surface area contributed by atoms with Crippen LogP contribution in [0.3, 0.4) is 0 Å². The van der Waals surface area contributed by atoms with Gasteiger partial charge in [0.2, 0.25) is 17.5 Å². The molecule has 13 nitrogen and oxygen atoms in total. The first-order valence-electron chi connectivity index (χ1n) is 10.2. The average Bonchev–Trinajstić information content (AvgIpc) is 2.84. The molecule has 0 heterocycles. The summed E-state index contributed by atoms with van der Waals surface area (Å²) in [7, 11) is 2.64. The van der Waals surface area contributed by atoms with Crippen molar-refractivity contribution in [3.8, 4) is 0 Å². The van der Waals surface area contributed by atoms with Gasteiger partial charge in [-0.25, -0.2) is 0 Å². The number of esters is 1. The van der Waals surface area contributed by atoms with Crippen LogP contribution in [0.4, 0.5) is 0 Å². The van der Waals surface area contributed by atoms with Crippen LogP contribution in [0.2, 0.25) is 0 Å². The average molecular weight is 472 g/mol. The molecule has 2 atom stereocenters. The highest BCUT2D eigenvalue weighted by molar-refractivity contribution is 5.80. The maximum Gasteiger partial charge on any atom is 0.306 e. The number of rotatable bonds is 19. The van der Waals surface area contributed by atoms with Gasteiger partial charge in [-0.2, -0.15) is 0 Å². The van der Waals surface area contributed by atoms with Crippen molar-refractivity contribution in [3.05, 3.63) is 0 Å². The molecule has 0 saturated carbocycles. The predicted octanol–water partition coefficient (Wildman–Crippen LogP) is -2.75. The normalized spacial score (nSPS) is 14.1. The summed E-state index contributed by atoms with van der Waals surface area (Å²) in [6.45, 7) is -2.48. The summed E-state index contributed by atoms with van der Waals surface area (Å²) in [5.41, 5.74) is 0. The summed E-state index contributed by atoms with van der Waals surface area (Å²) < 4.78 is 26.5. The van der Waals surface area contributed by atoms with Crippen LogP contribution in [-0.2, 0) is 33.3 Å². The third-order valence-corrected chi connectivity index (χ3v) is 4.56. The maximum absolute atomic E-state index is 11.8. The lowest BCUT2D eigenvalue weighted by atomic mass is 10.2. The van der Waals surface area contributed by atoms with Crippen molar-refractivity contribution in [1.29, 1.82) is 0 Å².